The van der Waals surface area contributed by atoms with E-state index in [0.29, 0.717) is 48.0 Å². The van der Waals surface area contributed by atoms with Gasteiger partial charge >= 0.3 is 51.4 Å². The smallest absolute Gasteiger partial charge is 0.479 e. The Morgan fingerprint density at radius 3 is 1.63 bits per heavy atom. The summed E-state index contributed by atoms with van der Waals surface area (Å²) in [5, 5.41) is 10.3. The van der Waals surface area contributed by atoms with Crippen LogP contribution >= 0.6 is 47.8 Å². The number of ether oxygens (including phenoxy) is 2. The Hall–Kier alpha value is 0.236. The van der Waals surface area contributed by atoms with Crippen molar-refractivity contribution in [3.63, 3.8) is 0 Å². The van der Waals surface area contributed by atoms with Gasteiger partial charge in [-0.1, -0.05) is 19.2 Å². The van der Waals surface area contributed by atoms with Gasteiger partial charge in [0.1, 0.15) is 17.0 Å². The molecular weight excluding hydrogens is 659 g/mol. The number of methoxy groups -OCH3 is 1. The van der Waals surface area contributed by atoms with Crippen molar-refractivity contribution in [3.05, 3.63) is 0 Å². The molecule has 41 heavy (non-hydrogen) atoms. The fraction of sp³-hybridized carbons (Fsp3) is 0.739. The van der Waals surface area contributed by atoms with Crippen LogP contribution in [0.15, 0.2) is 0 Å². The Balaban J connectivity index is -0.000000173. The number of rotatable bonds is 14. The molecule has 0 aliphatic heterocycles. The van der Waals surface area contributed by atoms with Crippen LogP contribution in [0.2, 0.25) is 0 Å². The zero-order valence-corrected chi connectivity index (χ0v) is 31.4. The van der Waals surface area contributed by atoms with Gasteiger partial charge in [0.25, 0.3) is 0 Å². The molecule has 0 aromatic heterocycles. The minimum Gasteiger partial charge on any atom is -0.479 e. The summed E-state index contributed by atoms with van der Waals surface area (Å²) < 4.78 is 10.4. The molecule has 0 aliphatic rings. The second kappa shape index (κ2) is 30.3. The van der Waals surface area contributed by atoms with Crippen molar-refractivity contribution in [1.82, 2.24) is 21.3 Å². The van der Waals surface area contributed by atoms with E-state index in [1.54, 1.807) is 34.8 Å². The number of nitrogens with two attached hydrogens (primary N) is 2. The number of hydrogen-bond donors (Lipinski definition) is 6. The molecule has 8 N–H and O–H groups in total. The van der Waals surface area contributed by atoms with Crippen molar-refractivity contribution < 1.29 is 80.0 Å². The largest absolute Gasteiger partial charge is 1.00 e. The Kier molecular flexibility index (Phi) is 37.5. The van der Waals surface area contributed by atoms with Crippen molar-refractivity contribution in [3.8, 4) is 0 Å². The maximum atomic E-state index is 11.8. The van der Waals surface area contributed by atoms with E-state index in [2.05, 4.69) is 50.9 Å². The van der Waals surface area contributed by atoms with E-state index < -0.39 is 11.1 Å². The summed E-state index contributed by atoms with van der Waals surface area (Å²) in [6.07, 6.45) is 0. The van der Waals surface area contributed by atoms with Crippen LogP contribution in [0.3, 0.4) is 0 Å². The first-order chi connectivity index (χ1) is 18.0. The Morgan fingerprint density at radius 2 is 1.34 bits per heavy atom. The molecule has 4 amide bonds. The molecule has 0 atom stereocenters. The molecule has 236 valence electrons. The van der Waals surface area contributed by atoms with Crippen LogP contribution in [0.4, 0.5) is 0 Å². The monoisotopic (exact) mass is 704 g/mol. The van der Waals surface area contributed by atoms with Crippen molar-refractivity contribution in [2.45, 2.75) is 53.1 Å². The molecule has 18 heteroatoms. The first-order valence-corrected chi connectivity index (χ1v) is 14.4. The number of carbonyl (C=O) groups excluding carboxylic acids is 4. The molecule has 0 spiro atoms. The molecular formula is C23H46ClKN6O6S4. The SMILES string of the molecule is C.CC(C)(NC(=O)CCl)C(=O)NCCN.CCOC(=S)SCC(=O)NC(C)(C)C(=O)NCCN.COCC(=S)[S-].[K+]. The molecule has 0 saturated heterocycles. The average molecular weight is 705 g/mol. The molecule has 0 rings (SSSR count). The number of thioether (sulfide) groups is 1. The molecule has 0 saturated carbocycles. The van der Waals surface area contributed by atoms with E-state index in [0.717, 1.165) is 11.8 Å². The van der Waals surface area contributed by atoms with E-state index in [1.165, 1.54) is 0 Å². The van der Waals surface area contributed by atoms with E-state index in [1.807, 2.05) is 6.92 Å². The number of halogens is 1. The molecule has 0 unspecified atom stereocenters. The summed E-state index contributed by atoms with van der Waals surface area (Å²) in [4.78, 5) is 45.9. The van der Waals surface area contributed by atoms with Gasteiger partial charge in [0.15, 0.2) is 0 Å². The van der Waals surface area contributed by atoms with Gasteiger partial charge in [-0.15, -0.1) is 15.8 Å². The Bertz CT molecular complexity index is 798. The predicted octanol–water partition coefficient (Wildman–Crippen LogP) is -2.65. The second-order valence-corrected chi connectivity index (χ2v) is 11.4. The fourth-order valence-corrected chi connectivity index (χ4v) is 3.21. The zero-order chi connectivity index (χ0) is 31.1. The normalized spacial score (nSPS) is 9.88. The average Bonchev–Trinajstić information content (AvgIpc) is 2.84. The minimum absolute atomic E-state index is 0. The number of amides is 4. The van der Waals surface area contributed by atoms with E-state index >= 15 is 0 Å². The molecule has 0 heterocycles. The van der Waals surface area contributed by atoms with Crippen LogP contribution in [-0.2, 0) is 41.3 Å². The summed E-state index contributed by atoms with van der Waals surface area (Å²) in [5.74, 6) is -1.25. The van der Waals surface area contributed by atoms with Gasteiger partial charge in [-0.05, 0) is 46.8 Å². The standard InChI is InChI=1S/C11H21N3O3S2.C8H16ClN3O2.C3H6OS2.CH4.K/c1-4-17-10(18)19-7-8(15)14-11(2,3)9(16)13-6-5-12;1-8(2,12-6(13)5-9)7(14)11-4-3-10;1-4-2-3(5)6;;/h4-7,12H2,1-3H3,(H,13,16)(H,14,15);3-5,10H2,1-2H3,(H,11,14)(H,12,13);2H2,1H3,(H,5,6);1H4;/q;;;;+1/p-1. The third kappa shape index (κ3) is 31.5. The third-order valence-electron chi connectivity index (χ3n) is 3.87. The molecule has 12 nitrogen and oxygen atoms in total. The number of hydrogen-bond acceptors (Lipinski definition) is 12. The van der Waals surface area contributed by atoms with Crippen LogP contribution < -0.4 is 84.1 Å². The molecule has 0 aromatic carbocycles. The topological polar surface area (TPSA) is 187 Å². The van der Waals surface area contributed by atoms with Gasteiger partial charge < -0.3 is 67.1 Å². The van der Waals surface area contributed by atoms with Gasteiger partial charge in [0, 0.05) is 33.3 Å². The number of nitrogens with one attached hydrogen (secondary N) is 4. The number of thiocarbonyl (C=S) groups is 2. The molecule has 0 aliphatic carbocycles. The summed E-state index contributed by atoms with van der Waals surface area (Å²) in [6.45, 7) is 10.7. The summed E-state index contributed by atoms with van der Waals surface area (Å²) >= 11 is 20.3. The minimum atomic E-state index is -0.986. The van der Waals surface area contributed by atoms with Crippen LogP contribution in [-0.4, -0.2) is 101 Å². The Morgan fingerprint density at radius 1 is 0.927 bits per heavy atom. The van der Waals surface area contributed by atoms with Crippen molar-refractivity contribution >= 4 is 92.6 Å². The maximum absolute atomic E-state index is 11.8. The van der Waals surface area contributed by atoms with Crippen LogP contribution in [0.1, 0.15) is 42.0 Å². The van der Waals surface area contributed by atoms with Crippen molar-refractivity contribution in [2.24, 2.45) is 11.5 Å². The van der Waals surface area contributed by atoms with E-state index in [-0.39, 0.29) is 94.1 Å². The Labute approximate surface area is 313 Å². The maximum Gasteiger partial charge on any atom is 1.00 e. The summed E-state index contributed by atoms with van der Waals surface area (Å²) in [7, 11) is 1.57. The molecule has 0 aromatic rings. The van der Waals surface area contributed by atoms with Crippen molar-refractivity contribution in [2.75, 3.05) is 58.1 Å². The first-order valence-electron chi connectivity index (χ1n) is 11.7. The quantitative estimate of drug-likeness (QED) is 0.0478. The summed E-state index contributed by atoms with van der Waals surface area (Å²) in [6, 6.07) is 0. The van der Waals surface area contributed by atoms with Gasteiger partial charge in [0.2, 0.25) is 28.0 Å². The molecule has 0 fully saturated rings. The second-order valence-electron chi connectivity index (χ2n) is 8.35. The molecule has 0 radical (unpaired) electrons. The van der Waals surface area contributed by atoms with Crippen LogP contribution in [0, 0.1) is 0 Å². The predicted molar refractivity (Wildman–Crippen MR) is 175 cm³/mol. The number of carbonyl (C=O) groups is 4. The van der Waals surface area contributed by atoms with E-state index in [4.69, 9.17) is 40.0 Å². The first kappa shape index (κ1) is 50.8. The van der Waals surface area contributed by atoms with Gasteiger partial charge in [-0.25, -0.2) is 0 Å². The fourth-order valence-electron chi connectivity index (χ4n) is 2.10. The third-order valence-corrected chi connectivity index (χ3v) is 5.58. The van der Waals surface area contributed by atoms with E-state index in [9.17, 15) is 19.2 Å². The van der Waals surface area contributed by atoms with Crippen molar-refractivity contribution in [1.29, 1.82) is 0 Å². The number of alkyl halides is 1. The molecule has 0 bridgehead atoms. The van der Waals surface area contributed by atoms with Crippen LogP contribution in [0.25, 0.3) is 0 Å². The zero-order valence-electron chi connectivity index (χ0n) is 24.3. The van der Waals surface area contributed by atoms with Gasteiger partial charge in [0.05, 0.1) is 19.0 Å². The van der Waals surface area contributed by atoms with Gasteiger partial charge in [-0.3, -0.25) is 19.2 Å². The van der Waals surface area contributed by atoms with Gasteiger partial charge in [-0.2, -0.15) is 0 Å². The summed E-state index contributed by atoms with van der Waals surface area (Å²) in [5.41, 5.74) is 8.58. The van der Waals surface area contributed by atoms with Crippen LogP contribution in [0.5, 0.6) is 0 Å².